The number of benzene rings is 1. The lowest BCUT2D eigenvalue weighted by atomic mass is 10.1. The lowest BCUT2D eigenvalue weighted by Gasteiger charge is -2.09. The number of carbonyl (C=O) groups is 2. The molecule has 2 amide bonds. The van der Waals surface area contributed by atoms with Crippen molar-refractivity contribution in [3.63, 3.8) is 0 Å². The van der Waals surface area contributed by atoms with Gasteiger partial charge in [0.15, 0.2) is 0 Å². The van der Waals surface area contributed by atoms with E-state index in [1.165, 1.54) is 12.3 Å². The van der Waals surface area contributed by atoms with Crippen LogP contribution in [0, 0.1) is 13.8 Å². The zero-order chi connectivity index (χ0) is 16.8. The fourth-order valence-corrected chi connectivity index (χ4v) is 2.18. The molecule has 2 aromatic rings. The SMILES string of the molecule is CCCNC(=O)c1ccnc(C(=O)Nc2ccc(C)cc2C)c1. The van der Waals surface area contributed by atoms with Gasteiger partial charge in [-0.1, -0.05) is 24.6 Å². The molecule has 0 unspecified atom stereocenters. The third-order valence-corrected chi connectivity index (χ3v) is 3.42. The van der Waals surface area contributed by atoms with Gasteiger partial charge in [-0.2, -0.15) is 0 Å². The molecule has 1 heterocycles. The number of hydrogen-bond donors (Lipinski definition) is 2. The summed E-state index contributed by atoms with van der Waals surface area (Å²) in [5.41, 5.74) is 3.50. The summed E-state index contributed by atoms with van der Waals surface area (Å²) in [6.07, 6.45) is 2.33. The Balaban J connectivity index is 2.15. The van der Waals surface area contributed by atoms with Crippen LogP contribution < -0.4 is 10.6 Å². The van der Waals surface area contributed by atoms with Crippen molar-refractivity contribution in [1.29, 1.82) is 0 Å². The number of aromatic nitrogens is 1. The molecule has 0 atom stereocenters. The number of amides is 2. The summed E-state index contributed by atoms with van der Waals surface area (Å²) in [4.78, 5) is 28.3. The number of hydrogen-bond acceptors (Lipinski definition) is 3. The van der Waals surface area contributed by atoms with Crippen LogP contribution in [0.3, 0.4) is 0 Å². The van der Waals surface area contributed by atoms with Crippen molar-refractivity contribution < 1.29 is 9.59 Å². The van der Waals surface area contributed by atoms with Crippen LogP contribution in [0.5, 0.6) is 0 Å². The van der Waals surface area contributed by atoms with E-state index >= 15 is 0 Å². The van der Waals surface area contributed by atoms with Gasteiger partial charge in [-0.05, 0) is 44.0 Å². The molecule has 0 aliphatic rings. The van der Waals surface area contributed by atoms with E-state index in [-0.39, 0.29) is 17.5 Å². The molecule has 0 saturated carbocycles. The average Bonchev–Trinajstić information content (AvgIpc) is 2.55. The molecule has 120 valence electrons. The highest BCUT2D eigenvalue weighted by Crippen LogP contribution is 2.17. The van der Waals surface area contributed by atoms with Gasteiger partial charge in [0.1, 0.15) is 5.69 Å². The predicted octanol–water partition coefficient (Wildman–Crippen LogP) is 3.09. The molecule has 5 nitrogen and oxygen atoms in total. The van der Waals surface area contributed by atoms with Gasteiger partial charge < -0.3 is 10.6 Å². The lowest BCUT2D eigenvalue weighted by Crippen LogP contribution is -2.24. The molecule has 0 radical (unpaired) electrons. The zero-order valence-electron chi connectivity index (χ0n) is 13.6. The Bertz CT molecular complexity index is 726. The number of carbonyl (C=O) groups excluding carboxylic acids is 2. The van der Waals surface area contributed by atoms with E-state index in [4.69, 9.17) is 0 Å². The Hall–Kier alpha value is -2.69. The van der Waals surface area contributed by atoms with E-state index in [0.717, 1.165) is 23.2 Å². The van der Waals surface area contributed by atoms with Gasteiger partial charge in [-0.15, -0.1) is 0 Å². The maximum Gasteiger partial charge on any atom is 0.274 e. The van der Waals surface area contributed by atoms with Gasteiger partial charge in [-0.3, -0.25) is 14.6 Å². The molecule has 1 aromatic heterocycles. The fraction of sp³-hybridized carbons (Fsp3) is 0.278. The molecule has 5 heteroatoms. The Morgan fingerprint density at radius 3 is 2.57 bits per heavy atom. The van der Waals surface area contributed by atoms with Crippen molar-refractivity contribution >= 4 is 17.5 Å². The van der Waals surface area contributed by atoms with Crippen molar-refractivity contribution in [1.82, 2.24) is 10.3 Å². The molecule has 1 aromatic carbocycles. The highest BCUT2D eigenvalue weighted by atomic mass is 16.2. The minimum atomic E-state index is -0.331. The standard InChI is InChI=1S/C18H21N3O2/c1-4-8-20-17(22)14-7-9-19-16(11-14)18(23)21-15-6-5-12(2)10-13(15)3/h5-7,9-11H,4,8H2,1-3H3,(H,20,22)(H,21,23). The average molecular weight is 311 g/mol. The molecule has 0 fully saturated rings. The smallest absolute Gasteiger partial charge is 0.274 e. The third kappa shape index (κ3) is 4.39. The normalized spacial score (nSPS) is 10.2. The molecule has 0 bridgehead atoms. The quantitative estimate of drug-likeness (QED) is 0.891. The fourth-order valence-electron chi connectivity index (χ4n) is 2.18. The molecule has 0 saturated heterocycles. The number of nitrogens with one attached hydrogen (secondary N) is 2. The summed E-state index contributed by atoms with van der Waals surface area (Å²) in [5.74, 6) is -0.531. The minimum absolute atomic E-state index is 0.199. The van der Waals surface area contributed by atoms with E-state index in [1.807, 2.05) is 39.0 Å². The van der Waals surface area contributed by atoms with E-state index < -0.39 is 0 Å². The number of nitrogens with zero attached hydrogens (tertiary/aromatic N) is 1. The predicted molar refractivity (Wildman–Crippen MR) is 90.7 cm³/mol. The summed E-state index contributed by atoms with van der Waals surface area (Å²) < 4.78 is 0. The van der Waals surface area contributed by atoms with Crippen LogP contribution in [-0.4, -0.2) is 23.3 Å². The van der Waals surface area contributed by atoms with E-state index in [2.05, 4.69) is 15.6 Å². The van der Waals surface area contributed by atoms with Crippen LogP contribution in [-0.2, 0) is 0 Å². The first-order valence-electron chi connectivity index (χ1n) is 7.64. The molecular weight excluding hydrogens is 290 g/mol. The summed E-state index contributed by atoms with van der Waals surface area (Å²) in [5, 5.41) is 5.61. The van der Waals surface area contributed by atoms with Gasteiger partial charge in [0.25, 0.3) is 11.8 Å². The van der Waals surface area contributed by atoms with Gasteiger partial charge in [0.2, 0.25) is 0 Å². The van der Waals surface area contributed by atoms with Gasteiger partial charge in [0, 0.05) is 24.0 Å². The van der Waals surface area contributed by atoms with E-state index in [1.54, 1.807) is 6.07 Å². The van der Waals surface area contributed by atoms with Crippen molar-refractivity contribution in [3.8, 4) is 0 Å². The monoisotopic (exact) mass is 311 g/mol. The Labute approximate surface area is 136 Å². The van der Waals surface area contributed by atoms with Crippen molar-refractivity contribution in [2.45, 2.75) is 27.2 Å². The van der Waals surface area contributed by atoms with Crippen LogP contribution >= 0.6 is 0 Å². The highest BCUT2D eigenvalue weighted by molar-refractivity contribution is 6.05. The maximum absolute atomic E-state index is 12.3. The number of pyridine rings is 1. The van der Waals surface area contributed by atoms with Crippen molar-refractivity contribution in [3.05, 3.63) is 58.9 Å². The van der Waals surface area contributed by atoms with Crippen LogP contribution in [0.25, 0.3) is 0 Å². The third-order valence-electron chi connectivity index (χ3n) is 3.42. The Morgan fingerprint density at radius 2 is 1.87 bits per heavy atom. The second kappa shape index (κ2) is 7.54. The van der Waals surface area contributed by atoms with Crippen LogP contribution in [0.4, 0.5) is 5.69 Å². The zero-order valence-corrected chi connectivity index (χ0v) is 13.6. The van der Waals surface area contributed by atoms with Crippen LogP contribution in [0.2, 0.25) is 0 Å². The number of anilines is 1. The Morgan fingerprint density at radius 1 is 1.09 bits per heavy atom. The topological polar surface area (TPSA) is 71.1 Å². The van der Waals surface area contributed by atoms with Crippen LogP contribution in [0.15, 0.2) is 36.5 Å². The van der Waals surface area contributed by atoms with E-state index in [0.29, 0.717) is 12.1 Å². The molecule has 2 N–H and O–H groups in total. The first kappa shape index (κ1) is 16.7. The second-order valence-corrected chi connectivity index (χ2v) is 5.46. The Kier molecular flexibility index (Phi) is 5.46. The van der Waals surface area contributed by atoms with Gasteiger partial charge in [0.05, 0.1) is 0 Å². The molecule has 0 aliphatic carbocycles. The molecular formula is C18H21N3O2. The van der Waals surface area contributed by atoms with Gasteiger partial charge in [-0.25, -0.2) is 0 Å². The second-order valence-electron chi connectivity index (χ2n) is 5.46. The van der Waals surface area contributed by atoms with Crippen molar-refractivity contribution in [2.24, 2.45) is 0 Å². The number of rotatable bonds is 5. The van der Waals surface area contributed by atoms with Crippen LogP contribution in [0.1, 0.15) is 45.3 Å². The number of aryl methyl sites for hydroxylation is 2. The molecule has 2 rings (SSSR count). The van der Waals surface area contributed by atoms with Gasteiger partial charge >= 0.3 is 0 Å². The summed E-state index contributed by atoms with van der Waals surface area (Å²) >= 11 is 0. The maximum atomic E-state index is 12.3. The summed E-state index contributed by atoms with van der Waals surface area (Å²) in [7, 11) is 0. The molecule has 23 heavy (non-hydrogen) atoms. The highest BCUT2D eigenvalue weighted by Gasteiger charge is 2.12. The van der Waals surface area contributed by atoms with Crippen molar-refractivity contribution in [2.75, 3.05) is 11.9 Å². The lowest BCUT2D eigenvalue weighted by molar-refractivity contribution is 0.0953. The largest absolute Gasteiger partial charge is 0.352 e. The summed E-state index contributed by atoms with van der Waals surface area (Å²) in [6, 6.07) is 8.89. The first-order valence-corrected chi connectivity index (χ1v) is 7.64. The summed E-state index contributed by atoms with van der Waals surface area (Å²) in [6.45, 7) is 6.52. The molecule has 0 spiro atoms. The van der Waals surface area contributed by atoms with E-state index in [9.17, 15) is 9.59 Å². The molecule has 0 aliphatic heterocycles. The minimum Gasteiger partial charge on any atom is -0.352 e. The first-order chi connectivity index (χ1) is 11.0.